The molecule has 0 heterocycles. The van der Waals surface area contributed by atoms with E-state index in [0.29, 0.717) is 10.8 Å². The Hall–Kier alpha value is -0.910. The normalized spacial score (nSPS) is 18.8. The summed E-state index contributed by atoms with van der Waals surface area (Å²) in [5.74, 6) is 0.711. The van der Waals surface area contributed by atoms with Crippen LogP contribution in [0.25, 0.3) is 0 Å². The second kappa shape index (κ2) is 6.24. The van der Waals surface area contributed by atoms with E-state index in [2.05, 4.69) is 4.72 Å². The minimum absolute atomic E-state index is 0.0422. The summed E-state index contributed by atoms with van der Waals surface area (Å²) in [6.07, 6.45) is 4.25. The number of nitrogens with two attached hydrogens (primary N) is 1. The molecule has 0 saturated heterocycles. The van der Waals surface area contributed by atoms with E-state index in [4.69, 9.17) is 5.73 Å². The minimum atomic E-state index is -3.42. The van der Waals surface area contributed by atoms with Crippen LogP contribution in [-0.4, -0.2) is 14.5 Å². The van der Waals surface area contributed by atoms with E-state index in [1.165, 1.54) is 12.8 Å². The fourth-order valence-electron chi connectivity index (χ4n) is 2.29. The molecule has 1 aromatic rings. The van der Waals surface area contributed by atoms with Gasteiger partial charge in [-0.15, -0.1) is 0 Å². The molecule has 1 saturated carbocycles. The van der Waals surface area contributed by atoms with Gasteiger partial charge in [0.2, 0.25) is 10.0 Å². The average Bonchev–Trinajstić information content (AvgIpc) is 3.21. The molecule has 4 nitrogen and oxygen atoms in total. The quantitative estimate of drug-likeness (QED) is 0.812. The summed E-state index contributed by atoms with van der Waals surface area (Å²) in [5.41, 5.74) is 6.71. The summed E-state index contributed by atoms with van der Waals surface area (Å²) in [4.78, 5) is 0.316. The van der Waals surface area contributed by atoms with Gasteiger partial charge in [0.1, 0.15) is 0 Å². The van der Waals surface area contributed by atoms with Gasteiger partial charge in [0.25, 0.3) is 0 Å². The van der Waals surface area contributed by atoms with Gasteiger partial charge in [0, 0.05) is 12.1 Å². The van der Waals surface area contributed by atoms with Crippen LogP contribution < -0.4 is 10.5 Å². The van der Waals surface area contributed by atoms with E-state index in [1.807, 2.05) is 13.8 Å². The third-order valence-corrected chi connectivity index (χ3v) is 5.38. The third kappa shape index (κ3) is 4.04. The van der Waals surface area contributed by atoms with Crippen molar-refractivity contribution < 1.29 is 8.42 Å². The molecule has 1 aromatic carbocycles. The molecule has 0 amide bonds. The van der Waals surface area contributed by atoms with E-state index in [9.17, 15) is 8.42 Å². The first-order valence-electron chi connectivity index (χ1n) is 7.30. The molecule has 3 N–H and O–H groups in total. The summed E-state index contributed by atoms with van der Waals surface area (Å²) in [5, 5.41) is 0. The summed E-state index contributed by atoms with van der Waals surface area (Å²) >= 11 is 0. The molecule has 0 radical (unpaired) electrons. The fraction of sp³-hybridized carbons (Fsp3) is 0.600. The molecule has 2 unspecified atom stereocenters. The lowest BCUT2D eigenvalue weighted by Crippen LogP contribution is -2.34. The van der Waals surface area contributed by atoms with Crippen molar-refractivity contribution in [3.05, 3.63) is 29.8 Å². The zero-order valence-corrected chi connectivity index (χ0v) is 13.0. The second-order valence-corrected chi connectivity index (χ2v) is 7.48. The van der Waals surface area contributed by atoms with Gasteiger partial charge in [0.15, 0.2) is 0 Å². The van der Waals surface area contributed by atoms with Crippen LogP contribution in [-0.2, 0) is 10.0 Å². The number of sulfonamides is 1. The standard InChI is InChI=1S/C15H24N2O2S/c1-3-14(10-12-4-5-12)17-20(18,19)15-8-6-13(7-9-15)11(2)16/h6-9,11-12,14,17H,3-5,10,16H2,1-2H3. The molecule has 1 aliphatic carbocycles. The summed E-state index contributed by atoms with van der Waals surface area (Å²) in [7, 11) is -3.42. The van der Waals surface area contributed by atoms with E-state index in [1.54, 1.807) is 24.3 Å². The first kappa shape index (κ1) is 15.5. The molecule has 5 heteroatoms. The molecule has 0 aromatic heterocycles. The summed E-state index contributed by atoms with van der Waals surface area (Å²) < 4.78 is 27.5. The van der Waals surface area contributed by atoms with Crippen molar-refractivity contribution in [2.45, 2.75) is 56.5 Å². The monoisotopic (exact) mass is 296 g/mol. The molecule has 20 heavy (non-hydrogen) atoms. The van der Waals surface area contributed by atoms with Crippen molar-refractivity contribution in [1.82, 2.24) is 4.72 Å². The summed E-state index contributed by atoms with van der Waals surface area (Å²) in [6, 6.07) is 6.77. The fourth-order valence-corrected chi connectivity index (χ4v) is 3.62. The largest absolute Gasteiger partial charge is 0.324 e. The lowest BCUT2D eigenvalue weighted by molar-refractivity contribution is 0.495. The number of nitrogens with one attached hydrogen (secondary N) is 1. The van der Waals surface area contributed by atoms with Gasteiger partial charge in [-0.05, 0) is 43.4 Å². The van der Waals surface area contributed by atoms with Gasteiger partial charge in [-0.25, -0.2) is 13.1 Å². The van der Waals surface area contributed by atoms with Crippen LogP contribution in [0.2, 0.25) is 0 Å². The third-order valence-electron chi connectivity index (χ3n) is 3.85. The first-order valence-corrected chi connectivity index (χ1v) is 8.78. The van der Waals surface area contributed by atoms with E-state index in [0.717, 1.165) is 18.4 Å². The van der Waals surface area contributed by atoms with Gasteiger partial charge in [-0.1, -0.05) is 31.9 Å². The highest BCUT2D eigenvalue weighted by Gasteiger charge is 2.27. The Morgan fingerprint density at radius 3 is 2.35 bits per heavy atom. The Morgan fingerprint density at radius 1 is 1.30 bits per heavy atom. The van der Waals surface area contributed by atoms with Gasteiger partial charge < -0.3 is 5.73 Å². The molecule has 1 fully saturated rings. The van der Waals surface area contributed by atoms with Gasteiger partial charge >= 0.3 is 0 Å². The lowest BCUT2D eigenvalue weighted by Gasteiger charge is -2.17. The number of hydrogen-bond acceptors (Lipinski definition) is 3. The lowest BCUT2D eigenvalue weighted by atomic mass is 10.1. The van der Waals surface area contributed by atoms with Crippen LogP contribution in [0.3, 0.4) is 0 Å². The van der Waals surface area contributed by atoms with E-state index < -0.39 is 10.0 Å². The maximum absolute atomic E-state index is 12.3. The van der Waals surface area contributed by atoms with Gasteiger partial charge in [0.05, 0.1) is 4.90 Å². The van der Waals surface area contributed by atoms with Gasteiger partial charge in [-0.3, -0.25) is 0 Å². The Bertz CT molecular complexity index is 533. The maximum atomic E-state index is 12.3. The highest BCUT2D eigenvalue weighted by Crippen LogP contribution is 2.34. The second-order valence-electron chi connectivity index (χ2n) is 5.76. The highest BCUT2D eigenvalue weighted by molar-refractivity contribution is 7.89. The smallest absolute Gasteiger partial charge is 0.240 e. The van der Waals surface area contributed by atoms with Crippen LogP contribution in [0, 0.1) is 5.92 Å². The van der Waals surface area contributed by atoms with E-state index in [-0.39, 0.29) is 12.1 Å². The van der Waals surface area contributed by atoms with Crippen LogP contribution in [0.4, 0.5) is 0 Å². The molecule has 0 aliphatic heterocycles. The van der Waals surface area contributed by atoms with Crippen molar-refractivity contribution in [1.29, 1.82) is 0 Å². The predicted molar refractivity (Wildman–Crippen MR) is 80.8 cm³/mol. The van der Waals surface area contributed by atoms with Crippen molar-refractivity contribution in [2.75, 3.05) is 0 Å². The molecule has 0 bridgehead atoms. The van der Waals surface area contributed by atoms with Crippen molar-refractivity contribution in [2.24, 2.45) is 11.7 Å². The topological polar surface area (TPSA) is 72.2 Å². The van der Waals surface area contributed by atoms with Crippen molar-refractivity contribution in [3.8, 4) is 0 Å². The van der Waals surface area contributed by atoms with Crippen molar-refractivity contribution >= 4 is 10.0 Å². The summed E-state index contributed by atoms with van der Waals surface area (Å²) in [6.45, 7) is 3.90. The molecular weight excluding hydrogens is 272 g/mol. The Balaban J connectivity index is 2.07. The number of benzene rings is 1. The highest BCUT2D eigenvalue weighted by atomic mass is 32.2. The Kier molecular flexibility index (Phi) is 4.83. The Labute approximate surface area is 121 Å². The minimum Gasteiger partial charge on any atom is -0.324 e. The molecule has 0 spiro atoms. The molecule has 2 atom stereocenters. The zero-order chi connectivity index (χ0) is 14.8. The maximum Gasteiger partial charge on any atom is 0.240 e. The SMILES string of the molecule is CCC(CC1CC1)NS(=O)(=O)c1ccc(C(C)N)cc1. The van der Waals surface area contributed by atoms with Gasteiger partial charge in [-0.2, -0.15) is 0 Å². The number of rotatable bonds is 7. The first-order chi connectivity index (χ1) is 9.42. The Morgan fingerprint density at radius 2 is 1.90 bits per heavy atom. The van der Waals surface area contributed by atoms with Crippen molar-refractivity contribution in [3.63, 3.8) is 0 Å². The number of hydrogen-bond donors (Lipinski definition) is 2. The van der Waals surface area contributed by atoms with E-state index >= 15 is 0 Å². The van der Waals surface area contributed by atoms with Crippen LogP contribution in [0.15, 0.2) is 29.2 Å². The zero-order valence-electron chi connectivity index (χ0n) is 12.2. The average molecular weight is 296 g/mol. The molecule has 112 valence electrons. The molecular formula is C15H24N2O2S. The van der Waals surface area contributed by atoms with Crippen LogP contribution in [0.5, 0.6) is 0 Å². The predicted octanol–water partition coefficient (Wildman–Crippen LogP) is 2.56. The molecule has 2 rings (SSSR count). The van der Waals surface area contributed by atoms with Crippen LogP contribution >= 0.6 is 0 Å². The molecule has 1 aliphatic rings. The van der Waals surface area contributed by atoms with Crippen LogP contribution in [0.1, 0.15) is 51.1 Å².